The largest absolute Gasteiger partial charge is 0.454 e. The maximum Gasteiger partial charge on any atom is 0.340 e. The van der Waals surface area contributed by atoms with Gasteiger partial charge in [0.15, 0.2) is 12.4 Å². The van der Waals surface area contributed by atoms with E-state index in [0.717, 1.165) is 5.69 Å². The van der Waals surface area contributed by atoms with Gasteiger partial charge in [-0.1, -0.05) is 30.3 Å². The van der Waals surface area contributed by atoms with Crippen LogP contribution in [0.25, 0.3) is 0 Å². The summed E-state index contributed by atoms with van der Waals surface area (Å²) in [5.74, 6) is -1.09. The van der Waals surface area contributed by atoms with Crippen LogP contribution in [0.4, 0.5) is 17.1 Å². The van der Waals surface area contributed by atoms with Crippen LogP contribution in [0.3, 0.4) is 0 Å². The van der Waals surface area contributed by atoms with Crippen molar-refractivity contribution >= 4 is 28.8 Å². The molecule has 28 heavy (non-hydrogen) atoms. The Morgan fingerprint density at radius 2 is 1.54 bits per heavy atom. The van der Waals surface area contributed by atoms with Crippen LogP contribution in [0, 0.1) is 10.1 Å². The van der Waals surface area contributed by atoms with Crippen molar-refractivity contribution in [1.29, 1.82) is 0 Å². The Balaban J connectivity index is 1.66. The third-order valence-electron chi connectivity index (χ3n) is 3.93. The molecule has 7 nitrogen and oxygen atoms in total. The fraction of sp³-hybridized carbons (Fsp3) is 0.0476. The standard InChI is InChI=1S/C21H16N2O5/c24-20(15-10-12-17(13-11-15)23(26)27)14-28-21(25)18-8-4-5-9-19(18)22-16-6-2-1-3-7-16/h1-13,22H,14H2. The highest BCUT2D eigenvalue weighted by Gasteiger charge is 2.16. The Labute approximate surface area is 160 Å². The molecule has 0 saturated heterocycles. The number of benzene rings is 3. The Kier molecular flexibility index (Phi) is 5.76. The molecule has 3 aromatic rings. The molecule has 0 aliphatic carbocycles. The second kappa shape index (κ2) is 8.59. The van der Waals surface area contributed by atoms with Gasteiger partial charge in [0.05, 0.1) is 16.2 Å². The van der Waals surface area contributed by atoms with Gasteiger partial charge in [-0.2, -0.15) is 0 Å². The van der Waals surface area contributed by atoms with Crippen LogP contribution in [0.1, 0.15) is 20.7 Å². The molecule has 0 aliphatic heterocycles. The first-order chi connectivity index (χ1) is 13.5. The van der Waals surface area contributed by atoms with E-state index in [4.69, 9.17) is 4.74 Å². The summed E-state index contributed by atoms with van der Waals surface area (Å²) in [4.78, 5) is 34.7. The number of carbonyl (C=O) groups excluding carboxylic acids is 2. The van der Waals surface area contributed by atoms with Crippen LogP contribution in [-0.4, -0.2) is 23.3 Å². The summed E-state index contributed by atoms with van der Waals surface area (Å²) in [5, 5.41) is 13.8. The topological polar surface area (TPSA) is 98.5 Å². The third-order valence-corrected chi connectivity index (χ3v) is 3.93. The number of nitro benzene ring substituents is 1. The number of para-hydroxylation sites is 2. The highest BCUT2D eigenvalue weighted by molar-refractivity contribution is 6.01. The summed E-state index contributed by atoms with van der Waals surface area (Å²) >= 11 is 0. The van der Waals surface area contributed by atoms with Crippen molar-refractivity contribution in [3.8, 4) is 0 Å². The second-order valence-electron chi connectivity index (χ2n) is 5.84. The number of non-ortho nitro benzene ring substituents is 1. The zero-order valence-electron chi connectivity index (χ0n) is 14.7. The maximum absolute atomic E-state index is 12.4. The number of carbonyl (C=O) groups is 2. The van der Waals surface area contributed by atoms with E-state index in [1.807, 2.05) is 30.3 Å². The van der Waals surface area contributed by atoms with E-state index in [-0.39, 0.29) is 11.3 Å². The number of hydrogen-bond donors (Lipinski definition) is 1. The van der Waals surface area contributed by atoms with Gasteiger partial charge in [-0.25, -0.2) is 4.79 Å². The number of rotatable bonds is 7. The second-order valence-corrected chi connectivity index (χ2v) is 5.84. The van der Waals surface area contributed by atoms with Gasteiger partial charge < -0.3 is 10.1 Å². The molecule has 0 fully saturated rings. The molecule has 0 aromatic heterocycles. The first-order valence-electron chi connectivity index (χ1n) is 8.40. The lowest BCUT2D eigenvalue weighted by molar-refractivity contribution is -0.384. The normalized spacial score (nSPS) is 10.1. The number of esters is 1. The number of ether oxygens (including phenoxy) is 1. The van der Waals surface area contributed by atoms with Crippen LogP contribution >= 0.6 is 0 Å². The molecular formula is C21H16N2O5. The Morgan fingerprint density at radius 3 is 2.21 bits per heavy atom. The molecule has 3 rings (SSSR count). The third kappa shape index (κ3) is 4.59. The predicted octanol–water partition coefficient (Wildman–Crippen LogP) is 4.38. The fourth-order valence-corrected chi connectivity index (χ4v) is 2.51. The zero-order chi connectivity index (χ0) is 19.9. The average Bonchev–Trinajstić information content (AvgIpc) is 2.73. The van der Waals surface area contributed by atoms with E-state index in [1.54, 1.807) is 24.3 Å². The molecule has 1 N–H and O–H groups in total. The molecule has 3 aromatic carbocycles. The Bertz CT molecular complexity index is 1000. The van der Waals surface area contributed by atoms with E-state index in [2.05, 4.69) is 5.32 Å². The first-order valence-corrected chi connectivity index (χ1v) is 8.40. The van der Waals surface area contributed by atoms with Crippen molar-refractivity contribution < 1.29 is 19.2 Å². The number of ketones is 1. The van der Waals surface area contributed by atoms with Gasteiger partial charge in [-0.15, -0.1) is 0 Å². The summed E-state index contributed by atoms with van der Waals surface area (Å²) in [6, 6.07) is 21.3. The highest BCUT2D eigenvalue weighted by atomic mass is 16.6. The number of Topliss-reactive ketones (excluding diaryl/α,β-unsaturated/α-hetero) is 1. The monoisotopic (exact) mass is 376 g/mol. The molecule has 0 saturated carbocycles. The van der Waals surface area contributed by atoms with Crippen LogP contribution in [0.15, 0.2) is 78.9 Å². The molecule has 0 heterocycles. The number of nitrogens with one attached hydrogen (secondary N) is 1. The highest BCUT2D eigenvalue weighted by Crippen LogP contribution is 2.21. The molecule has 0 unspecified atom stereocenters. The Hall–Kier alpha value is -4.00. The van der Waals surface area contributed by atoms with E-state index < -0.39 is 23.3 Å². The summed E-state index contributed by atoms with van der Waals surface area (Å²) < 4.78 is 5.14. The summed E-state index contributed by atoms with van der Waals surface area (Å²) in [7, 11) is 0. The van der Waals surface area contributed by atoms with E-state index in [0.29, 0.717) is 11.3 Å². The van der Waals surface area contributed by atoms with Crippen LogP contribution in [-0.2, 0) is 4.74 Å². The summed E-state index contributed by atoms with van der Waals surface area (Å²) in [6.07, 6.45) is 0. The lowest BCUT2D eigenvalue weighted by Gasteiger charge is -2.11. The Morgan fingerprint density at radius 1 is 0.893 bits per heavy atom. The molecule has 140 valence electrons. The molecule has 7 heteroatoms. The molecule has 0 bridgehead atoms. The molecule has 0 spiro atoms. The van der Waals surface area contributed by atoms with Crippen molar-refractivity contribution in [2.45, 2.75) is 0 Å². The zero-order valence-corrected chi connectivity index (χ0v) is 14.7. The number of nitrogens with zero attached hydrogens (tertiary/aromatic N) is 1. The van der Waals surface area contributed by atoms with Crippen molar-refractivity contribution in [3.05, 3.63) is 100 Å². The van der Waals surface area contributed by atoms with Gasteiger partial charge in [-0.3, -0.25) is 14.9 Å². The number of nitro groups is 1. The average molecular weight is 376 g/mol. The summed E-state index contributed by atoms with van der Waals surface area (Å²) in [6.45, 7) is -0.462. The van der Waals surface area contributed by atoms with Gasteiger partial charge in [0.1, 0.15) is 0 Å². The van der Waals surface area contributed by atoms with E-state index in [9.17, 15) is 19.7 Å². The number of hydrogen-bond acceptors (Lipinski definition) is 6. The van der Waals surface area contributed by atoms with Gasteiger partial charge in [-0.05, 0) is 36.4 Å². The molecule has 0 amide bonds. The number of anilines is 2. The first kappa shape index (κ1) is 18.8. The minimum absolute atomic E-state index is 0.116. The van der Waals surface area contributed by atoms with Crippen molar-refractivity contribution in [2.75, 3.05) is 11.9 Å². The smallest absolute Gasteiger partial charge is 0.340 e. The van der Waals surface area contributed by atoms with Gasteiger partial charge in [0, 0.05) is 23.4 Å². The van der Waals surface area contributed by atoms with Gasteiger partial charge in [0.2, 0.25) is 0 Å². The van der Waals surface area contributed by atoms with Gasteiger partial charge in [0.25, 0.3) is 5.69 Å². The van der Waals surface area contributed by atoms with Crippen molar-refractivity contribution in [2.24, 2.45) is 0 Å². The lowest BCUT2D eigenvalue weighted by Crippen LogP contribution is -2.15. The van der Waals surface area contributed by atoms with Crippen molar-refractivity contribution in [3.63, 3.8) is 0 Å². The van der Waals surface area contributed by atoms with Crippen LogP contribution in [0.5, 0.6) is 0 Å². The maximum atomic E-state index is 12.4. The predicted molar refractivity (Wildman–Crippen MR) is 104 cm³/mol. The minimum Gasteiger partial charge on any atom is -0.454 e. The molecular weight excluding hydrogens is 360 g/mol. The molecule has 0 atom stereocenters. The quantitative estimate of drug-likeness (QED) is 0.284. The van der Waals surface area contributed by atoms with Gasteiger partial charge >= 0.3 is 5.97 Å². The molecule has 0 radical (unpaired) electrons. The van der Waals surface area contributed by atoms with Crippen LogP contribution < -0.4 is 5.32 Å². The van der Waals surface area contributed by atoms with Crippen LogP contribution in [0.2, 0.25) is 0 Å². The van der Waals surface area contributed by atoms with E-state index >= 15 is 0 Å². The SMILES string of the molecule is O=C(COC(=O)c1ccccc1Nc1ccccc1)c1ccc([N+](=O)[O-])cc1. The van der Waals surface area contributed by atoms with E-state index in [1.165, 1.54) is 24.3 Å². The minimum atomic E-state index is -0.644. The summed E-state index contributed by atoms with van der Waals surface area (Å²) in [5.41, 5.74) is 1.78. The fourth-order valence-electron chi connectivity index (χ4n) is 2.51. The lowest BCUT2D eigenvalue weighted by atomic mass is 10.1. The molecule has 0 aliphatic rings. The van der Waals surface area contributed by atoms with Crippen molar-refractivity contribution in [1.82, 2.24) is 0 Å².